The minimum absolute atomic E-state index is 0.297. The Morgan fingerprint density at radius 2 is 1.88 bits per heavy atom. The van der Waals surface area contributed by atoms with Gasteiger partial charge < -0.3 is 10.4 Å². The van der Waals surface area contributed by atoms with Gasteiger partial charge in [0.2, 0.25) is 0 Å². The highest BCUT2D eigenvalue weighted by Crippen LogP contribution is 2.18. The summed E-state index contributed by atoms with van der Waals surface area (Å²) in [6.07, 6.45) is 3.13. The van der Waals surface area contributed by atoms with Crippen molar-refractivity contribution < 1.29 is 5.11 Å². The highest BCUT2D eigenvalue weighted by molar-refractivity contribution is 5.24. The van der Waals surface area contributed by atoms with Crippen molar-refractivity contribution in [3.63, 3.8) is 0 Å². The molecule has 0 radical (unpaired) electrons. The van der Waals surface area contributed by atoms with Crippen molar-refractivity contribution in [3.05, 3.63) is 35.4 Å². The van der Waals surface area contributed by atoms with Crippen LogP contribution in [-0.4, -0.2) is 18.3 Å². The summed E-state index contributed by atoms with van der Waals surface area (Å²) in [6, 6.07) is 8.89. The lowest BCUT2D eigenvalue weighted by molar-refractivity contribution is 0.283. The molecule has 1 aromatic carbocycles. The van der Waals surface area contributed by atoms with Crippen molar-refractivity contribution in [2.24, 2.45) is 0 Å². The molecule has 17 heavy (non-hydrogen) atoms. The monoisotopic (exact) mass is 235 g/mol. The summed E-state index contributed by atoms with van der Waals surface area (Å²) in [5.74, 6) is 0.654. The molecule has 2 heteroatoms. The molecule has 0 spiro atoms. The Morgan fingerprint density at radius 3 is 2.47 bits per heavy atom. The molecule has 0 heterocycles. The maximum absolute atomic E-state index is 8.66. The minimum atomic E-state index is 0.297. The highest BCUT2D eigenvalue weighted by Gasteiger charge is 2.01. The number of nitrogens with one attached hydrogen (secondary N) is 1. The summed E-state index contributed by atoms with van der Waals surface area (Å²) >= 11 is 0. The summed E-state index contributed by atoms with van der Waals surface area (Å²) in [5, 5.41) is 12.0. The number of aliphatic hydroxyl groups is 1. The Hall–Kier alpha value is -0.860. The summed E-state index contributed by atoms with van der Waals surface area (Å²) in [4.78, 5) is 0. The van der Waals surface area contributed by atoms with Crippen LogP contribution < -0.4 is 5.32 Å². The second kappa shape index (κ2) is 8.26. The SMILES string of the molecule is CCC(C)c1ccc(CNCCCCO)cc1. The quantitative estimate of drug-likeness (QED) is 0.679. The molecule has 0 amide bonds. The Morgan fingerprint density at radius 1 is 1.18 bits per heavy atom. The topological polar surface area (TPSA) is 32.3 Å². The van der Waals surface area contributed by atoms with Gasteiger partial charge in [-0.15, -0.1) is 0 Å². The third-order valence-electron chi connectivity index (χ3n) is 3.25. The van der Waals surface area contributed by atoms with Crippen LogP contribution in [0.15, 0.2) is 24.3 Å². The van der Waals surface area contributed by atoms with E-state index in [1.54, 1.807) is 0 Å². The number of rotatable bonds is 8. The molecule has 0 aliphatic carbocycles. The van der Waals surface area contributed by atoms with Crippen LogP contribution in [0.2, 0.25) is 0 Å². The number of hydrogen-bond donors (Lipinski definition) is 2. The van der Waals surface area contributed by atoms with Gasteiger partial charge in [0.15, 0.2) is 0 Å². The molecule has 0 fully saturated rings. The van der Waals surface area contributed by atoms with Gasteiger partial charge in [0.1, 0.15) is 0 Å². The van der Waals surface area contributed by atoms with Crippen LogP contribution in [0.5, 0.6) is 0 Å². The van der Waals surface area contributed by atoms with Crippen LogP contribution in [0.4, 0.5) is 0 Å². The Balaban J connectivity index is 2.30. The van der Waals surface area contributed by atoms with Gasteiger partial charge >= 0.3 is 0 Å². The van der Waals surface area contributed by atoms with Gasteiger partial charge in [-0.25, -0.2) is 0 Å². The first-order valence-electron chi connectivity index (χ1n) is 6.68. The average molecular weight is 235 g/mol. The smallest absolute Gasteiger partial charge is 0.0431 e. The van der Waals surface area contributed by atoms with Gasteiger partial charge in [-0.1, -0.05) is 38.1 Å². The first-order valence-corrected chi connectivity index (χ1v) is 6.68. The lowest BCUT2D eigenvalue weighted by Crippen LogP contribution is -2.14. The molecule has 96 valence electrons. The van der Waals surface area contributed by atoms with E-state index in [9.17, 15) is 0 Å². The molecule has 0 saturated heterocycles. The van der Waals surface area contributed by atoms with Crippen LogP contribution >= 0.6 is 0 Å². The molecule has 2 N–H and O–H groups in total. The molecule has 1 aromatic rings. The summed E-state index contributed by atoms with van der Waals surface area (Å²) < 4.78 is 0. The summed E-state index contributed by atoms with van der Waals surface area (Å²) in [7, 11) is 0. The van der Waals surface area contributed by atoms with Crippen LogP contribution in [0.3, 0.4) is 0 Å². The number of benzene rings is 1. The van der Waals surface area contributed by atoms with Gasteiger partial charge in [-0.3, -0.25) is 0 Å². The second-order valence-corrected chi connectivity index (χ2v) is 4.66. The van der Waals surface area contributed by atoms with E-state index in [4.69, 9.17) is 5.11 Å². The third kappa shape index (κ3) is 5.33. The van der Waals surface area contributed by atoms with Gasteiger partial charge in [0, 0.05) is 13.2 Å². The fourth-order valence-electron chi connectivity index (χ4n) is 1.79. The largest absolute Gasteiger partial charge is 0.396 e. The zero-order valence-electron chi connectivity index (χ0n) is 11.1. The van der Waals surface area contributed by atoms with Crippen LogP contribution in [0, 0.1) is 0 Å². The minimum Gasteiger partial charge on any atom is -0.396 e. The van der Waals surface area contributed by atoms with E-state index in [1.807, 2.05) is 0 Å². The van der Waals surface area contributed by atoms with E-state index < -0.39 is 0 Å². The van der Waals surface area contributed by atoms with Crippen molar-refractivity contribution in [1.82, 2.24) is 5.32 Å². The van der Waals surface area contributed by atoms with Gasteiger partial charge in [-0.2, -0.15) is 0 Å². The van der Waals surface area contributed by atoms with Crippen molar-refractivity contribution in [1.29, 1.82) is 0 Å². The van der Waals surface area contributed by atoms with Gasteiger partial charge in [0.05, 0.1) is 0 Å². The zero-order valence-corrected chi connectivity index (χ0v) is 11.1. The fourth-order valence-corrected chi connectivity index (χ4v) is 1.79. The second-order valence-electron chi connectivity index (χ2n) is 4.66. The highest BCUT2D eigenvalue weighted by atomic mass is 16.2. The van der Waals surface area contributed by atoms with E-state index in [-0.39, 0.29) is 0 Å². The molecule has 0 aliphatic heterocycles. The van der Waals surface area contributed by atoms with Crippen LogP contribution in [0.1, 0.15) is 50.2 Å². The molecule has 0 saturated carbocycles. The van der Waals surface area contributed by atoms with Gasteiger partial charge in [0.25, 0.3) is 0 Å². The van der Waals surface area contributed by atoms with Crippen molar-refractivity contribution in [2.45, 2.75) is 45.6 Å². The molecule has 1 atom stereocenters. The lowest BCUT2D eigenvalue weighted by Gasteiger charge is -2.10. The standard InChI is InChI=1S/C15H25NO/c1-3-13(2)15-8-6-14(7-9-15)12-16-10-4-5-11-17/h6-9,13,16-17H,3-5,10-12H2,1-2H3. The summed E-state index contributed by atoms with van der Waals surface area (Å²) in [6.45, 7) is 6.69. The first kappa shape index (κ1) is 14.2. The van der Waals surface area contributed by atoms with Crippen molar-refractivity contribution in [3.8, 4) is 0 Å². The summed E-state index contributed by atoms with van der Waals surface area (Å²) in [5.41, 5.74) is 2.76. The van der Waals surface area contributed by atoms with E-state index in [2.05, 4.69) is 43.4 Å². The molecule has 2 nitrogen and oxygen atoms in total. The van der Waals surface area contributed by atoms with Crippen LogP contribution in [0.25, 0.3) is 0 Å². The number of hydrogen-bond acceptors (Lipinski definition) is 2. The molecule has 1 rings (SSSR count). The van der Waals surface area contributed by atoms with Crippen LogP contribution in [-0.2, 0) is 6.54 Å². The van der Waals surface area contributed by atoms with E-state index in [0.717, 1.165) is 25.9 Å². The molecule has 1 unspecified atom stereocenters. The maximum Gasteiger partial charge on any atom is 0.0431 e. The lowest BCUT2D eigenvalue weighted by atomic mass is 9.98. The molecule has 0 aliphatic rings. The Labute approximate surface area is 105 Å². The normalized spacial score (nSPS) is 12.6. The van der Waals surface area contributed by atoms with E-state index in [0.29, 0.717) is 12.5 Å². The molecular formula is C15H25NO. The molecular weight excluding hydrogens is 210 g/mol. The fraction of sp³-hybridized carbons (Fsp3) is 0.600. The molecule has 0 aromatic heterocycles. The van der Waals surface area contributed by atoms with E-state index >= 15 is 0 Å². The number of aliphatic hydroxyl groups excluding tert-OH is 1. The predicted octanol–water partition coefficient (Wildman–Crippen LogP) is 3.06. The van der Waals surface area contributed by atoms with Crippen molar-refractivity contribution >= 4 is 0 Å². The average Bonchev–Trinajstić information content (AvgIpc) is 2.38. The van der Waals surface area contributed by atoms with Crippen molar-refractivity contribution in [2.75, 3.05) is 13.2 Å². The third-order valence-corrected chi connectivity index (χ3v) is 3.25. The Bertz CT molecular complexity index is 294. The predicted molar refractivity (Wildman–Crippen MR) is 73.2 cm³/mol. The Kier molecular flexibility index (Phi) is 6.90. The number of unbranched alkanes of at least 4 members (excludes halogenated alkanes) is 1. The maximum atomic E-state index is 8.66. The van der Waals surface area contributed by atoms with E-state index in [1.165, 1.54) is 17.5 Å². The van der Waals surface area contributed by atoms with Gasteiger partial charge in [-0.05, 0) is 42.9 Å². The first-order chi connectivity index (χ1) is 8.27. The molecule has 0 bridgehead atoms. The zero-order chi connectivity index (χ0) is 12.5.